The Morgan fingerprint density at radius 2 is 2.05 bits per heavy atom. The standard InChI is InChI=1S/C13H15N3O4/c1-3-20-13(18)11-12(17)14-15-16(11)8-9-4-6-10(19-2)7-5-9/h4-7,17H,3,8H2,1-2H3. The summed E-state index contributed by atoms with van der Waals surface area (Å²) in [6.45, 7) is 2.20. The molecule has 20 heavy (non-hydrogen) atoms. The Morgan fingerprint density at radius 3 is 2.65 bits per heavy atom. The number of ether oxygens (including phenoxy) is 2. The number of aromatic hydroxyl groups is 1. The van der Waals surface area contributed by atoms with Crippen LogP contribution in [0, 0.1) is 0 Å². The first-order valence-electron chi connectivity index (χ1n) is 6.08. The third kappa shape index (κ3) is 2.87. The highest BCUT2D eigenvalue weighted by molar-refractivity contribution is 5.89. The SMILES string of the molecule is CCOC(=O)c1c(O)nnn1Cc1ccc(OC)cc1. The summed E-state index contributed by atoms with van der Waals surface area (Å²) in [6.07, 6.45) is 0. The molecule has 0 saturated carbocycles. The number of hydrogen-bond donors (Lipinski definition) is 1. The number of carbonyl (C=O) groups excluding carboxylic acids is 1. The number of carbonyl (C=O) groups is 1. The first kappa shape index (κ1) is 13.9. The molecular weight excluding hydrogens is 262 g/mol. The average Bonchev–Trinajstić information content (AvgIpc) is 2.81. The molecule has 106 valence electrons. The Hall–Kier alpha value is -2.57. The number of aromatic nitrogens is 3. The van der Waals surface area contributed by atoms with Crippen molar-refractivity contribution >= 4 is 5.97 Å². The maximum atomic E-state index is 11.7. The molecule has 0 aliphatic heterocycles. The van der Waals surface area contributed by atoms with Crippen LogP contribution in [-0.4, -0.2) is 39.8 Å². The Morgan fingerprint density at radius 1 is 1.35 bits per heavy atom. The Bertz CT molecular complexity index is 592. The predicted molar refractivity (Wildman–Crippen MR) is 69.7 cm³/mol. The van der Waals surface area contributed by atoms with Gasteiger partial charge >= 0.3 is 5.97 Å². The molecular formula is C13H15N3O4. The van der Waals surface area contributed by atoms with Gasteiger partial charge in [-0.05, 0) is 24.6 Å². The van der Waals surface area contributed by atoms with Crippen LogP contribution < -0.4 is 4.74 Å². The van der Waals surface area contributed by atoms with Crippen LogP contribution in [0.15, 0.2) is 24.3 Å². The van der Waals surface area contributed by atoms with Crippen molar-refractivity contribution in [2.45, 2.75) is 13.5 Å². The van der Waals surface area contributed by atoms with Gasteiger partial charge in [-0.3, -0.25) is 0 Å². The molecule has 0 aliphatic rings. The van der Waals surface area contributed by atoms with Crippen LogP contribution in [0.3, 0.4) is 0 Å². The summed E-state index contributed by atoms with van der Waals surface area (Å²) in [6, 6.07) is 7.28. The number of benzene rings is 1. The maximum Gasteiger partial charge on any atom is 0.362 e. The highest BCUT2D eigenvalue weighted by Crippen LogP contribution is 2.17. The lowest BCUT2D eigenvalue weighted by atomic mass is 10.2. The zero-order valence-corrected chi connectivity index (χ0v) is 11.2. The summed E-state index contributed by atoms with van der Waals surface area (Å²) in [5.41, 5.74) is 0.837. The second kappa shape index (κ2) is 6.05. The monoisotopic (exact) mass is 277 g/mol. The molecule has 0 fully saturated rings. The smallest absolute Gasteiger partial charge is 0.362 e. The third-order valence-electron chi connectivity index (χ3n) is 2.68. The zero-order valence-electron chi connectivity index (χ0n) is 11.2. The first-order chi connectivity index (χ1) is 9.65. The molecule has 1 aromatic heterocycles. The Labute approximate surface area is 115 Å². The molecule has 0 spiro atoms. The van der Waals surface area contributed by atoms with Gasteiger partial charge in [0.05, 0.1) is 20.3 Å². The summed E-state index contributed by atoms with van der Waals surface area (Å²) in [7, 11) is 1.59. The van der Waals surface area contributed by atoms with Crippen LogP contribution in [-0.2, 0) is 11.3 Å². The van der Waals surface area contributed by atoms with Gasteiger partial charge in [-0.2, -0.15) is 0 Å². The van der Waals surface area contributed by atoms with Crippen molar-refractivity contribution in [1.29, 1.82) is 0 Å². The van der Waals surface area contributed by atoms with Gasteiger partial charge in [-0.1, -0.05) is 22.4 Å². The fourth-order valence-corrected chi connectivity index (χ4v) is 1.71. The van der Waals surface area contributed by atoms with Crippen LogP contribution in [0.25, 0.3) is 0 Å². The second-order valence-corrected chi connectivity index (χ2v) is 3.99. The number of methoxy groups -OCH3 is 1. The van der Waals surface area contributed by atoms with Crippen molar-refractivity contribution in [3.8, 4) is 11.6 Å². The first-order valence-corrected chi connectivity index (χ1v) is 6.08. The topological polar surface area (TPSA) is 86.5 Å². The van der Waals surface area contributed by atoms with Gasteiger partial charge in [0, 0.05) is 0 Å². The van der Waals surface area contributed by atoms with Gasteiger partial charge in [-0.25, -0.2) is 9.48 Å². The molecule has 1 N–H and O–H groups in total. The van der Waals surface area contributed by atoms with E-state index >= 15 is 0 Å². The number of nitrogens with zero attached hydrogens (tertiary/aromatic N) is 3. The van der Waals surface area contributed by atoms with Crippen molar-refractivity contribution < 1.29 is 19.4 Å². The fourth-order valence-electron chi connectivity index (χ4n) is 1.71. The zero-order chi connectivity index (χ0) is 14.5. The summed E-state index contributed by atoms with van der Waals surface area (Å²) >= 11 is 0. The number of hydrogen-bond acceptors (Lipinski definition) is 6. The molecule has 0 bridgehead atoms. The highest BCUT2D eigenvalue weighted by atomic mass is 16.5. The quantitative estimate of drug-likeness (QED) is 0.827. The molecule has 0 amide bonds. The Balaban J connectivity index is 2.22. The van der Waals surface area contributed by atoms with Crippen LogP contribution >= 0.6 is 0 Å². The van der Waals surface area contributed by atoms with E-state index in [1.165, 1.54) is 4.68 Å². The molecule has 7 nitrogen and oxygen atoms in total. The van der Waals surface area contributed by atoms with E-state index in [1.807, 2.05) is 12.1 Å². The van der Waals surface area contributed by atoms with E-state index < -0.39 is 11.8 Å². The summed E-state index contributed by atoms with van der Waals surface area (Å²) < 4.78 is 11.2. The number of esters is 1. The minimum Gasteiger partial charge on any atom is -0.497 e. The minimum atomic E-state index is -0.650. The van der Waals surface area contributed by atoms with E-state index in [4.69, 9.17) is 9.47 Å². The van der Waals surface area contributed by atoms with Crippen molar-refractivity contribution in [3.63, 3.8) is 0 Å². The summed E-state index contributed by atoms with van der Waals surface area (Å²) in [4.78, 5) is 11.7. The van der Waals surface area contributed by atoms with Crippen LogP contribution in [0.4, 0.5) is 0 Å². The molecule has 1 heterocycles. The normalized spacial score (nSPS) is 10.3. The Kier molecular flexibility index (Phi) is 4.19. The van der Waals surface area contributed by atoms with Crippen LogP contribution in [0.1, 0.15) is 23.0 Å². The molecule has 0 atom stereocenters. The van der Waals surface area contributed by atoms with Crippen molar-refractivity contribution in [2.75, 3.05) is 13.7 Å². The molecule has 0 saturated heterocycles. The van der Waals surface area contributed by atoms with E-state index in [0.717, 1.165) is 11.3 Å². The molecule has 7 heteroatoms. The molecule has 0 aliphatic carbocycles. The lowest BCUT2D eigenvalue weighted by Gasteiger charge is -2.06. The van der Waals surface area contributed by atoms with Gasteiger partial charge in [0.25, 0.3) is 5.88 Å². The van der Waals surface area contributed by atoms with Crippen LogP contribution in [0.5, 0.6) is 11.6 Å². The summed E-state index contributed by atoms with van der Waals surface area (Å²) in [5, 5.41) is 16.8. The maximum absolute atomic E-state index is 11.7. The van der Waals surface area contributed by atoms with E-state index in [1.54, 1.807) is 26.2 Å². The van der Waals surface area contributed by atoms with Crippen molar-refractivity contribution in [2.24, 2.45) is 0 Å². The van der Waals surface area contributed by atoms with Gasteiger partial charge in [0.15, 0.2) is 0 Å². The van der Waals surface area contributed by atoms with Crippen molar-refractivity contribution in [3.05, 3.63) is 35.5 Å². The molecule has 0 unspecified atom stereocenters. The van der Waals surface area contributed by atoms with E-state index in [2.05, 4.69) is 10.3 Å². The van der Waals surface area contributed by atoms with Crippen LogP contribution in [0.2, 0.25) is 0 Å². The van der Waals surface area contributed by atoms with Crippen molar-refractivity contribution in [1.82, 2.24) is 15.0 Å². The molecule has 1 aromatic carbocycles. The van der Waals surface area contributed by atoms with E-state index in [9.17, 15) is 9.90 Å². The van der Waals surface area contributed by atoms with E-state index in [0.29, 0.717) is 6.54 Å². The van der Waals surface area contributed by atoms with Gasteiger partial charge in [0.2, 0.25) is 5.69 Å². The van der Waals surface area contributed by atoms with Gasteiger partial charge in [0.1, 0.15) is 5.75 Å². The average molecular weight is 277 g/mol. The fraction of sp³-hybridized carbons (Fsp3) is 0.308. The largest absolute Gasteiger partial charge is 0.497 e. The second-order valence-electron chi connectivity index (χ2n) is 3.99. The minimum absolute atomic E-state index is 0.0531. The molecule has 2 aromatic rings. The predicted octanol–water partition coefficient (Wildman–Crippen LogP) is 1.22. The molecule has 2 rings (SSSR count). The third-order valence-corrected chi connectivity index (χ3v) is 2.68. The number of rotatable bonds is 5. The summed E-state index contributed by atoms with van der Waals surface area (Å²) in [5.74, 6) is -0.346. The van der Waals surface area contributed by atoms with E-state index in [-0.39, 0.29) is 12.3 Å². The highest BCUT2D eigenvalue weighted by Gasteiger charge is 2.21. The lowest BCUT2D eigenvalue weighted by Crippen LogP contribution is -2.14. The van der Waals surface area contributed by atoms with Gasteiger partial charge < -0.3 is 14.6 Å². The molecule has 0 radical (unpaired) electrons. The lowest BCUT2D eigenvalue weighted by molar-refractivity contribution is 0.0509. The van der Waals surface area contributed by atoms with Gasteiger partial charge in [-0.15, -0.1) is 0 Å².